The van der Waals surface area contributed by atoms with Gasteiger partial charge in [0.1, 0.15) is 6.61 Å². The molecule has 6 heteroatoms. The van der Waals surface area contributed by atoms with Crippen molar-refractivity contribution in [1.29, 1.82) is 0 Å². The fourth-order valence-electron chi connectivity index (χ4n) is 1.59. The molecule has 6 nitrogen and oxygen atoms in total. The predicted molar refractivity (Wildman–Crippen MR) is 78.7 cm³/mol. The van der Waals surface area contributed by atoms with Gasteiger partial charge in [-0.1, -0.05) is 30.3 Å². The van der Waals surface area contributed by atoms with Crippen LogP contribution in [0, 0.1) is 0 Å². The van der Waals surface area contributed by atoms with Gasteiger partial charge in [0.15, 0.2) is 0 Å². The van der Waals surface area contributed by atoms with Gasteiger partial charge in [-0.15, -0.1) is 0 Å². The number of carbonyl (C=O) groups excluding carboxylic acids is 2. The molecule has 1 aromatic rings. The number of nitrogens with one attached hydrogen (secondary N) is 1. The van der Waals surface area contributed by atoms with E-state index in [1.807, 2.05) is 37.3 Å². The molecular formula is C15H22N2O4. The first-order valence-corrected chi connectivity index (χ1v) is 6.75. The molecule has 0 aromatic heterocycles. The van der Waals surface area contributed by atoms with E-state index < -0.39 is 6.09 Å². The minimum Gasteiger partial charge on any atom is -0.468 e. The largest absolute Gasteiger partial charge is 0.468 e. The van der Waals surface area contributed by atoms with E-state index in [4.69, 9.17) is 4.74 Å². The molecule has 1 amide bonds. The summed E-state index contributed by atoms with van der Waals surface area (Å²) in [4.78, 5) is 24.4. The van der Waals surface area contributed by atoms with E-state index in [0.29, 0.717) is 6.54 Å². The Morgan fingerprint density at radius 2 is 1.95 bits per heavy atom. The smallest absolute Gasteiger partial charge is 0.410 e. The van der Waals surface area contributed by atoms with Crippen LogP contribution in [0.25, 0.3) is 0 Å². The first-order chi connectivity index (χ1) is 10.0. The summed E-state index contributed by atoms with van der Waals surface area (Å²) in [6.45, 7) is 2.71. The monoisotopic (exact) mass is 294 g/mol. The molecule has 1 aromatic carbocycles. The van der Waals surface area contributed by atoms with Crippen molar-refractivity contribution in [3.63, 3.8) is 0 Å². The van der Waals surface area contributed by atoms with Gasteiger partial charge in [-0.05, 0) is 12.5 Å². The van der Waals surface area contributed by atoms with E-state index in [-0.39, 0.29) is 25.2 Å². The summed E-state index contributed by atoms with van der Waals surface area (Å²) in [6, 6.07) is 9.40. The van der Waals surface area contributed by atoms with E-state index in [9.17, 15) is 9.59 Å². The normalized spacial score (nSPS) is 11.6. The zero-order chi connectivity index (χ0) is 15.7. The lowest BCUT2D eigenvalue weighted by atomic mass is 10.2. The summed E-state index contributed by atoms with van der Waals surface area (Å²) in [7, 11) is 3.00. The number of carbonyl (C=O) groups is 2. The number of methoxy groups -OCH3 is 1. The van der Waals surface area contributed by atoms with Gasteiger partial charge >= 0.3 is 12.1 Å². The molecule has 0 saturated carbocycles. The third kappa shape index (κ3) is 6.27. The Hall–Kier alpha value is -2.08. The lowest BCUT2D eigenvalue weighted by Crippen LogP contribution is -2.42. The predicted octanol–water partition coefficient (Wildman–Crippen LogP) is 1.41. The maximum atomic E-state index is 11.9. The molecule has 0 saturated heterocycles. The third-order valence-corrected chi connectivity index (χ3v) is 3.09. The van der Waals surface area contributed by atoms with Crippen molar-refractivity contribution in [3.05, 3.63) is 35.9 Å². The number of benzene rings is 1. The van der Waals surface area contributed by atoms with E-state index in [2.05, 4.69) is 10.1 Å². The molecule has 1 N–H and O–H groups in total. The maximum absolute atomic E-state index is 11.9. The van der Waals surface area contributed by atoms with Gasteiger partial charge < -0.3 is 19.7 Å². The standard InChI is InChI=1S/C15H22N2O4/c1-12(9-16-10-14(18)20-3)17(2)15(19)21-11-13-7-5-4-6-8-13/h4-8,12,16H,9-11H2,1-3H3/t12-/m0/s1. The number of ether oxygens (including phenoxy) is 2. The molecule has 0 radical (unpaired) electrons. The quantitative estimate of drug-likeness (QED) is 0.770. The Morgan fingerprint density at radius 3 is 2.57 bits per heavy atom. The Labute approximate surface area is 125 Å². The second-order valence-corrected chi connectivity index (χ2v) is 4.71. The highest BCUT2D eigenvalue weighted by Gasteiger charge is 2.17. The molecule has 1 rings (SSSR count). The number of nitrogens with zero attached hydrogens (tertiary/aromatic N) is 1. The summed E-state index contributed by atoms with van der Waals surface area (Å²) in [6.07, 6.45) is -0.397. The van der Waals surface area contributed by atoms with Crippen molar-refractivity contribution in [2.24, 2.45) is 0 Å². The van der Waals surface area contributed by atoms with Crippen LogP contribution < -0.4 is 5.32 Å². The maximum Gasteiger partial charge on any atom is 0.410 e. The van der Waals surface area contributed by atoms with Gasteiger partial charge in [-0.25, -0.2) is 4.79 Å². The fraction of sp³-hybridized carbons (Fsp3) is 0.467. The number of esters is 1. The Morgan fingerprint density at radius 1 is 1.29 bits per heavy atom. The second-order valence-electron chi connectivity index (χ2n) is 4.71. The summed E-state index contributed by atoms with van der Waals surface area (Å²) >= 11 is 0. The minimum absolute atomic E-state index is 0.0991. The first kappa shape index (κ1) is 17.0. The summed E-state index contributed by atoms with van der Waals surface area (Å²) in [5.41, 5.74) is 0.940. The van der Waals surface area contributed by atoms with Crippen LogP contribution in [0.15, 0.2) is 30.3 Å². The first-order valence-electron chi connectivity index (χ1n) is 6.75. The van der Waals surface area contributed by atoms with Crippen molar-refractivity contribution < 1.29 is 19.1 Å². The Bertz CT molecular complexity index is 450. The molecule has 21 heavy (non-hydrogen) atoms. The van der Waals surface area contributed by atoms with Crippen molar-refractivity contribution >= 4 is 12.1 Å². The summed E-state index contributed by atoms with van der Waals surface area (Å²) < 4.78 is 9.75. The molecule has 0 spiro atoms. The lowest BCUT2D eigenvalue weighted by molar-refractivity contribution is -0.139. The lowest BCUT2D eigenvalue weighted by Gasteiger charge is -2.24. The van der Waals surface area contributed by atoms with E-state index in [0.717, 1.165) is 5.56 Å². The SMILES string of the molecule is COC(=O)CNC[C@H](C)N(C)C(=O)OCc1ccccc1. The zero-order valence-electron chi connectivity index (χ0n) is 12.7. The van der Waals surface area contributed by atoms with Crippen LogP contribution in [0.5, 0.6) is 0 Å². The van der Waals surface area contributed by atoms with E-state index in [1.54, 1.807) is 7.05 Å². The van der Waals surface area contributed by atoms with Crippen LogP contribution in [-0.4, -0.2) is 50.3 Å². The number of hydrogen-bond acceptors (Lipinski definition) is 5. The van der Waals surface area contributed by atoms with Gasteiger partial charge in [0, 0.05) is 19.6 Å². The highest BCUT2D eigenvalue weighted by atomic mass is 16.6. The fourth-order valence-corrected chi connectivity index (χ4v) is 1.59. The van der Waals surface area contributed by atoms with E-state index in [1.165, 1.54) is 12.0 Å². The molecular weight excluding hydrogens is 272 g/mol. The molecule has 0 fully saturated rings. The van der Waals surface area contributed by atoms with Crippen molar-refractivity contribution in [2.75, 3.05) is 27.2 Å². The molecule has 0 aliphatic rings. The highest BCUT2D eigenvalue weighted by molar-refractivity contribution is 5.71. The summed E-state index contributed by atoms with van der Waals surface area (Å²) in [5, 5.41) is 2.92. The van der Waals surface area contributed by atoms with Crippen molar-refractivity contribution in [1.82, 2.24) is 10.2 Å². The number of rotatable bonds is 7. The third-order valence-electron chi connectivity index (χ3n) is 3.09. The van der Waals surface area contributed by atoms with Crippen molar-refractivity contribution in [3.8, 4) is 0 Å². The molecule has 0 aliphatic carbocycles. The van der Waals surface area contributed by atoms with Gasteiger partial charge in [-0.3, -0.25) is 4.79 Å². The molecule has 1 atom stereocenters. The molecule has 0 bridgehead atoms. The van der Waals surface area contributed by atoms with Gasteiger partial charge in [0.25, 0.3) is 0 Å². The van der Waals surface area contributed by atoms with E-state index >= 15 is 0 Å². The number of likely N-dealkylation sites (N-methyl/N-ethyl adjacent to an activating group) is 1. The Balaban J connectivity index is 2.30. The Kier molecular flexibility index (Phi) is 7.25. The number of hydrogen-bond donors (Lipinski definition) is 1. The van der Waals surface area contributed by atoms with Crippen LogP contribution in [-0.2, 0) is 20.9 Å². The van der Waals surface area contributed by atoms with Crippen LogP contribution in [0.4, 0.5) is 4.79 Å². The highest BCUT2D eigenvalue weighted by Crippen LogP contribution is 2.04. The topological polar surface area (TPSA) is 67.9 Å². The van der Waals surface area contributed by atoms with Crippen LogP contribution in [0.1, 0.15) is 12.5 Å². The molecule has 116 valence electrons. The van der Waals surface area contributed by atoms with Crippen LogP contribution in [0.3, 0.4) is 0 Å². The zero-order valence-corrected chi connectivity index (χ0v) is 12.7. The molecule has 0 unspecified atom stereocenters. The molecule has 0 heterocycles. The van der Waals surface area contributed by atoms with Crippen LogP contribution in [0.2, 0.25) is 0 Å². The number of amides is 1. The average Bonchev–Trinajstić information content (AvgIpc) is 2.52. The molecule has 0 aliphatic heterocycles. The van der Waals surface area contributed by atoms with Crippen molar-refractivity contribution in [2.45, 2.75) is 19.6 Å². The van der Waals surface area contributed by atoms with Gasteiger partial charge in [-0.2, -0.15) is 0 Å². The average molecular weight is 294 g/mol. The second kappa shape index (κ2) is 8.97. The summed E-state index contributed by atoms with van der Waals surface area (Å²) in [5.74, 6) is -0.337. The minimum atomic E-state index is -0.397. The van der Waals surface area contributed by atoms with Crippen LogP contribution >= 0.6 is 0 Å². The van der Waals surface area contributed by atoms with Gasteiger partial charge in [0.05, 0.1) is 13.7 Å². The van der Waals surface area contributed by atoms with Gasteiger partial charge in [0.2, 0.25) is 0 Å².